The largest absolute Gasteiger partial charge is 0.573 e. The van der Waals surface area contributed by atoms with Crippen molar-refractivity contribution in [2.24, 2.45) is 5.73 Å². The van der Waals surface area contributed by atoms with E-state index in [0.29, 0.717) is 5.56 Å². The van der Waals surface area contributed by atoms with Gasteiger partial charge in [0, 0.05) is 18.3 Å². The van der Waals surface area contributed by atoms with Crippen LogP contribution < -0.4 is 10.5 Å². The molecule has 0 aliphatic carbocycles. The van der Waals surface area contributed by atoms with Crippen LogP contribution in [-0.2, 0) is 6.54 Å². The Balaban J connectivity index is 3.28. The number of aromatic nitrogens is 1. The molecule has 1 aromatic heterocycles. The molecule has 0 saturated carbocycles. The van der Waals surface area contributed by atoms with E-state index in [-0.39, 0.29) is 11.0 Å². The van der Waals surface area contributed by atoms with Crippen molar-refractivity contribution in [2.75, 3.05) is 0 Å². The summed E-state index contributed by atoms with van der Waals surface area (Å²) in [5.74, 6) is -0.669. The lowest BCUT2D eigenvalue weighted by molar-refractivity contribution is -0.275. The zero-order valence-corrected chi connectivity index (χ0v) is 9.26. The van der Waals surface area contributed by atoms with Crippen LogP contribution in [0.5, 0.6) is 5.75 Å². The number of hydrogen-bond donors (Lipinski definition) is 1. The highest BCUT2D eigenvalue weighted by Gasteiger charge is 2.34. The maximum atomic E-state index is 12.1. The molecule has 0 aliphatic heterocycles. The molecule has 0 aromatic carbocycles. The Kier molecular flexibility index (Phi) is 3.72. The number of ether oxygens (including phenoxy) is 1. The second-order valence-electron chi connectivity index (χ2n) is 2.64. The molecule has 4 nitrogen and oxygen atoms in total. The first-order valence-electron chi connectivity index (χ1n) is 3.92. The summed E-state index contributed by atoms with van der Waals surface area (Å²) in [6.45, 7) is -0.0203. The van der Waals surface area contributed by atoms with Gasteiger partial charge in [-0.1, -0.05) is 0 Å². The topological polar surface area (TPSA) is 71.9 Å². The summed E-state index contributed by atoms with van der Waals surface area (Å²) in [4.78, 5) is 3.52. The minimum absolute atomic E-state index is 0.0149. The molecule has 0 fully saturated rings. The van der Waals surface area contributed by atoms with Crippen molar-refractivity contribution in [1.29, 1.82) is 5.26 Å². The zero-order valence-electron chi connectivity index (χ0n) is 7.68. The number of rotatable bonds is 2. The molecule has 0 radical (unpaired) electrons. The molecule has 0 spiro atoms. The second kappa shape index (κ2) is 4.67. The number of halogens is 4. The smallest absolute Gasteiger partial charge is 0.401 e. The van der Waals surface area contributed by atoms with Gasteiger partial charge in [0.2, 0.25) is 0 Å². The van der Waals surface area contributed by atoms with Crippen LogP contribution in [0.4, 0.5) is 13.2 Å². The van der Waals surface area contributed by atoms with Gasteiger partial charge in [0.05, 0.1) is 4.47 Å². The molecule has 86 valence electrons. The van der Waals surface area contributed by atoms with Crippen molar-refractivity contribution in [2.45, 2.75) is 12.9 Å². The Morgan fingerprint density at radius 2 is 2.19 bits per heavy atom. The third-order valence-electron chi connectivity index (χ3n) is 1.59. The van der Waals surface area contributed by atoms with Crippen LogP contribution in [-0.4, -0.2) is 11.3 Å². The first-order valence-corrected chi connectivity index (χ1v) is 4.71. The fourth-order valence-corrected chi connectivity index (χ4v) is 1.47. The molecule has 0 saturated heterocycles. The van der Waals surface area contributed by atoms with E-state index in [0.717, 1.165) is 0 Å². The average Bonchev–Trinajstić information content (AvgIpc) is 2.19. The van der Waals surface area contributed by atoms with E-state index in [1.807, 2.05) is 0 Å². The summed E-state index contributed by atoms with van der Waals surface area (Å²) >= 11 is 2.89. The maximum Gasteiger partial charge on any atom is 0.573 e. The molecule has 0 bridgehead atoms. The highest BCUT2D eigenvalue weighted by molar-refractivity contribution is 9.10. The van der Waals surface area contributed by atoms with E-state index in [1.165, 1.54) is 12.3 Å². The molecule has 1 rings (SSSR count). The normalized spacial score (nSPS) is 11.0. The fraction of sp³-hybridized carbons (Fsp3) is 0.250. The number of alkyl halides is 3. The predicted molar refractivity (Wildman–Crippen MR) is 51.2 cm³/mol. The Bertz CT molecular complexity index is 441. The SMILES string of the molecule is N#Cc1ncc(CN)c(Br)c1OC(F)(F)F. The van der Waals surface area contributed by atoms with Crippen LogP contribution in [0, 0.1) is 11.3 Å². The van der Waals surface area contributed by atoms with Gasteiger partial charge < -0.3 is 10.5 Å². The van der Waals surface area contributed by atoms with Crippen molar-refractivity contribution in [3.8, 4) is 11.8 Å². The van der Waals surface area contributed by atoms with Gasteiger partial charge in [0.1, 0.15) is 6.07 Å². The van der Waals surface area contributed by atoms with Gasteiger partial charge in [-0.25, -0.2) is 4.98 Å². The fourth-order valence-electron chi connectivity index (χ4n) is 0.938. The van der Waals surface area contributed by atoms with E-state index in [2.05, 4.69) is 25.7 Å². The molecule has 8 heteroatoms. The Morgan fingerprint density at radius 1 is 1.56 bits per heavy atom. The Hall–Kier alpha value is -1.33. The first kappa shape index (κ1) is 12.7. The molecule has 2 N–H and O–H groups in total. The molecule has 0 amide bonds. The molecule has 16 heavy (non-hydrogen) atoms. The van der Waals surface area contributed by atoms with Gasteiger partial charge >= 0.3 is 6.36 Å². The van der Waals surface area contributed by atoms with Crippen LogP contribution in [0.2, 0.25) is 0 Å². The molecular formula is C8H5BrF3N3O. The molecule has 1 heterocycles. The van der Waals surface area contributed by atoms with Gasteiger partial charge in [-0.05, 0) is 15.9 Å². The quantitative estimate of drug-likeness (QED) is 0.907. The summed E-state index contributed by atoms with van der Waals surface area (Å²) in [5.41, 5.74) is 5.15. The summed E-state index contributed by atoms with van der Waals surface area (Å²) in [6.07, 6.45) is -3.67. The lowest BCUT2D eigenvalue weighted by atomic mass is 10.2. The summed E-state index contributed by atoms with van der Waals surface area (Å²) in [5, 5.41) is 8.59. The van der Waals surface area contributed by atoms with Crippen molar-refractivity contribution in [1.82, 2.24) is 4.98 Å². The minimum atomic E-state index is -4.89. The van der Waals surface area contributed by atoms with Gasteiger partial charge in [0.25, 0.3) is 0 Å². The summed E-state index contributed by atoms with van der Waals surface area (Å²) in [7, 11) is 0. The van der Waals surface area contributed by atoms with Gasteiger partial charge in [-0.15, -0.1) is 13.2 Å². The van der Waals surface area contributed by atoms with Crippen LogP contribution in [0.15, 0.2) is 10.7 Å². The first-order chi connectivity index (χ1) is 7.39. The van der Waals surface area contributed by atoms with Gasteiger partial charge in [0.15, 0.2) is 11.4 Å². The number of hydrogen-bond acceptors (Lipinski definition) is 4. The van der Waals surface area contributed by atoms with Crippen molar-refractivity contribution in [3.63, 3.8) is 0 Å². The van der Waals surface area contributed by atoms with Crippen LogP contribution in [0.3, 0.4) is 0 Å². The van der Waals surface area contributed by atoms with E-state index in [1.54, 1.807) is 0 Å². The zero-order chi connectivity index (χ0) is 12.3. The van der Waals surface area contributed by atoms with E-state index < -0.39 is 17.8 Å². The van der Waals surface area contributed by atoms with Gasteiger partial charge in [-0.3, -0.25) is 0 Å². The van der Waals surface area contributed by atoms with Crippen molar-refractivity contribution >= 4 is 15.9 Å². The minimum Gasteiger partial charge on any atom is -0.401 e. The van der Waals surface area contributed by atoms with E-state index in [4.69, 9.17) is 11.0 Å². The molecule has 0 unspecified atom stereocenters. The second-order valence-corrected chi connectivity index (χ2v) is 3.43. The highest BCUT2D eigenvalue weighted by atomic mass is 79.9. The monoisotopic (exact) mass is 295 g/mol. The number of nitriles is 1. The third kappa shape index (κ3) is 2.84. The maximum absolute atomic E-state index is 12.1. The Morgan fingerprint density at radius 3 is 2.62 bits per heavy atom. The number of nitrogens with zero attached hydrogens (tertiary/aromatic N) is 2. The molecular weight excluding hydrogens is 291 g/mol. The lowest BCUT2D eigenvalue weighted by Gasteiger charge is -2.13. The van der Waals surface area contributed by atoms with Crippen LogP contribution in [0.25, 0.3) is 0 Å². The summed E-state index contributed by atoms with van der Waals surface area (Å²) < 4.78 is 39.9. The Labute approximate surface area is 97.0 Å². The standard InChI is InChI=1S/C8H5BrF3N3O/c9-6-4(1-13)3-15-5(2-14)7(6)16-8(10,11)12/h3H,1,13H2. The van der Waals surface area contributed by atoms with Crippen molar-refractivity contribution < 1.29 is 17.9 Å². The third-order valence-corrected chi connectivity index (χ3v) is 2.46. The van der Waals surface area contributed by atoms with Crippen LogP contribution >= 0.6 is 15.9 Å². The van der Waals surface area contributed by atoms with Gasteiger partial charge in [-0.2, -0.15) is 5.26 Å². The molecule has 0 atom stereocenters. The average molecular weight is 296 g/mol. The van der Waals surface area contributed by atoms with E-state index in [9.17, 15) is 13.2 Å². The molecule has 0 aliphatic rings. The van der Waals surface area contributed by atoms with E-state index >= 15 is 0 Å². The number of nitrogens with two attached hydrogens (primary N) is 1. The number of pyridine rings is 1. The lowest BCUT2D eigenvalue weighted by Crippen LogP contribution is -2.19. The summed E-state index contributed by atoms with van der Waals surface area (Å²) in [6, 6.07) is 1.50. The molecule has 1 aromatic rings. The highest BCUT2D eigenvalue weighted by Crippen LogP contribution is 2.34. The van der Waals surface area contributed by atoms with Crippen molar-refractivity contribution in [3.05, 3.63) is 21.9 Å². The van der Waals surface area contributed by atoms with Crippen LogP contribution in [0.1, 0.15) is 11.3 Å². The predicted octanol–water partition coefficient (Wildman–Crippen LogP) is 2.07.